The molecule has 1 aliphatic rings. The van der Waals surface area contributed by atoms with E-state index < -0.39 is 5.60 Å². The third-order valence-electron chi connectivity index (χ3n) is 3.72. The lowest BCUT2D eigenvalue weighted by Crippen LogP contribution is -2.34. The third-order valence-corrected chi connectivity index (χ3v) is 3.72. The minimum atomic E-state index is -0.428. The Hall–Kier alpha value is -1.36. The lowest BCUT2D eigenvalue weighted by atomic mass is 9.82. The Kier molecular flexibility index (Phi) is 7.59. The van der Waals surface area contributed by atoms with Crippen LogP contribution in [0.1, 0.15) is 46.5 Å². The van der Waals surface area contributed by atoms with Crippen molar-refractivity contribution in [2.24, 2.45) is 11.8 Å². The van der Waals surface area contributed by atoms with Gasteiger partial charge in [-0.2, -0.15) is 0 Å². The van der Waals surface area contributed by atoms with Gasteiger partial charge >= 0.3 is 11.9 Å². The fraction of sp³-hybridized carbons (Fsp3) is 0.765. The van der Waals surface area contributed by atoms with E-state index in [0.717, 1.165) is 32.2 Å². The molecule has 0 spiro atoms. The van der Waals surface area contributed by atoms with Crippen molar-refractivity contribution in [3.63, 3.8) is 0 Å². The van der Waals surface area contributed by atoms with Crippen LogP contribution in [0.3, 0.4) is 0 Å². The van der Waals surface area contributed by atoms with Crippen molar-refractivity contribution in [1.82, 2.24) is 5.32 Å². The first-order valence-corrected chi connectivity index (χ1v) is 7.99. The van der Waals surface area contributed by atoms with Crippen molar-refractivity contribution in [3.05, 3.63) is 12.2 Å². The summed E-state index contributed by atoms with van der Waals surface area (Å²) in [5.41, 5.74) is -0.428. The van der Waals surface area contributed by atoms with Crippen LogP contribution in [0.2, 0.25) is 0 Å². The fourth-order valence-electron chi connectivity index (χ4n) is 2.62. The van der Waals surface area contributed by atoms with Crippen molar-refractivity contribution in [3.8, 4) is 0 Å². The van der Waals surface area contributed by atoms with Gasteiger partial charge in [0.15, 0.2) is 0 Å². The first-order valence-electron chi connectivity index (χ1n) is 7.99. The van der Waals surface area contributed by atoms with Crippen molar-refractivity contribution in [2.45, 2.75) is 52.1 Å². The van der Waals surface area contributed by atoms with Gasteiger partial charge in [-0.25, -0.2) is 4.79 Å². The molecule has 0 bridgehead atoms. The third kappa shape index (κ3) is 8.17. The van der Waals surface area contributed by atoms with E-state index in [1.807, 2.05) is 26.8 Å². The Labute approximate surface area is 133 Å². The molecule has 1 fully saturated rings. The number of carbonyl (C=O) groups is 2. The molecule has 0 aromatic rings. The van der Waals surface area contributed by atoms with Gasteiger partial charge in [0.1, 0.15) is 5.60 Å². The van der Waals surface area contributed by atoms with Crippen LogP contribution in [0.4, 0.5) is 0 Å². The van der Waals surface area contributed by atoms with Gasteiger partial charge in [-0.15, -0.1) is 0 Å². The van der Waals surface area contributed by atoms with Crippen molar-refractivity contribution < 1.29 is 19.1 Å². The van der Waals surface area contributed by atoms with E-state index in [1.54, 1.807) is 0 Å². The summed E-state index contributed by atoms with van der Waals surface area (Å²) in [4.78, 5) is 22.7. The molecule has 1 N–H and O–H groups in total. The van der Waals surface area contributed by atoms with Gasteiger partial charge in [0.05, 0.1) is 13.7 Å². The van der Waals surface area contributed by atoms with Crippen LogP contribution in [0.25, 0.3) is 0 Å². The van der Waals surface area contributed by atoms with Gasteiger partial charge in [-0.1, -0.05) is 6.08 Å². The van der Waals surface area contributed by atoms with E-state index in [4.69, 9.17) is 4.74 Å². The van der Waals surface area contributed by atoms with E-state index in [2.05, 4.69) is 10.1 Å². The molecule has 0 aliphatic heterocycles. The topological polar surface area (TPSA) is 64.6 Å². The Morgan fingerprint density at radius 1 is 1.18 bits per heavy atom. The number of methoxy groups -OCH3 is 1. The molecule has 5 heteroatoms. The van der Waals surface area contributed by atoms with Crippen LogP contribution in [0.15, 0.2) is 12.2 Å². The highest BCUT2D eigenvalue weighted by atomic mass is 16.6. The molecule has 22 heavy (non-hydrogen) atoms. The molecular formula is C17H29NO4. The summed E-state index contributed by atoms with van der Waals surface area (Å²) in [6.07, 6.45) is 7.84. The summed E-state index contributed by atoms with van der Waals surface area (Å²) in [6, 6.07) is 0. The maximum atomic E-state index is 11.6. The summed E-state index contributed by atoms with van der Waals surface area (Å²) in [5.74, 6) is 0.551. The van der Waals surface area contributed by atoms with Crippen LogP contribution in [0.5, 0.6) is 0 Å². The average molecular weight is 311 g/mol. The first kappa shape index (κ1) is 18.7. The minimum absolute atomic E-state index is 0.206. The maximum Gasteiger partial charge on any atom is 0.330 e. The van der Waals surface area contributed by atoms with Gasteiger partial charge in [0, 0.05) is 6.08 Å². The SMILES string of the molecule is COC(=O)/C=C/[C@H]1CC[C@H](CNCC(=O)OC(C)(C)C)CC1. The highest BCUT2D eigenvalue weighted by molar-refractivity contribution is 5.81. The lowest BCUT2D eigenvalue weighted by molar-refractivity contribution is -0.153. The molecule has 0 saturated heterocycles. The Bertz CT molecular complexity index is 390. The second-order valence-corrected chi connectivity index (χ2v) is 6.88. The number of carbonyl (C=O) groups excluding carboxylic acids is 2. The summed E-state index contributed by atoms with van der Waals surface area (Å²) in [6.45, 7) is 6.71. The average Bonchev–Trinajstić information content (AvgIpc) is 2.44. The standard InChI is InChI=1S/C17H29NO4/c1-17(2,3)22-16(20)12-18-11-14-7-5-13(6-8-14)9-10-15(19)21-4/h9-10,13-14,18H,5-8,11-12H2,1-4H3/b10-9+/t13-,14-. The number of allylic oxidation sites excluding steroid dienone is 1. The van der Waals surface area contributed by atoms with Gasteiger partial charge in [0.2, 0.25) is 0 Å². The molecule has 0 unspecified atom stereocenters. The predicted molar refractivity (Wildman–Crippen MR) is 85.3 cm³/mol. The van der Waals surface area contributed by atoms with Gasteiger partial charge in [-0.05, 0) is 64.8 Å². The van der Waals surface area contributed by atoms with E-state index in [-0.39, 0.29) is 18.5 Å². The summed E-state index contributed by atoms with van der Waals surface area (Å²) in [7, 11) is 1.39. The molecule has 0 radical (unpaired) electrons. The molecule has 0 atom stereocenters. The van der Waals surface area contributed by atoms with Crippen molar-refractivity contribution in [1.29, 1.82) is 0 Å². The smallest absolute Gasteiger partial charge is 0.330 e. The second kappa shape index (κ2) is 8.93. The highest BCUT2D eigenvalue weighted by Crippen LogP contribution is 2.29. The molecular weight excluding hydrogens is 282 g/mol. The monoisotopic (exact) mass is 311 g/mol. The first-order chi connectivity index (χ1) is 10.3. The lowest BCUT2D eigenvalue weighted by Gasteiger charge is -2.27. The maximum absolute atomic E-state index is 11.6. The molecule has 1 aliphatic carbocycles. The van der Waals surface area contributed by atoms with E-state index in [1.165, 1.54) is 13.2 Å². The molecule has 126 valence electrons. The largest absolute Gasteiger partial charge is 0.466 e. The van der Waals surface area contributed by atoms with Gasteiger partial charge < -0.3 is 14.8 Å². The second-order valence-electron chi connectivity index (χ2n) is 6.88. The molecule has 1 saturated carbocycles. The number of rotatable bonds is 6. The number of esters is 2. The quantitative estimate of drug-likeness (QED) is 0.603. The normalized spacial score (nSPS) is 22.5. The van der Waals surface area contributed by atoms with Crippen molar-refractivity contribution in [2.75, 3.05) is 20.2 Å². The Balaban J connectivity index is 2.17. The molecule has 5 nitrogen and oxygen atoms in total. The van der Waals surface area contributed by atoms with E-state index >= 15 is 0 Å². The zero-order valence-electron chi connectivity index (χ0n) is 14.2. The molecule has 0 aromatic carbocycles. The van der Waals surface area contributed by atoms with Crippen LogP contribution >= 0.6 is 0 Å². The van der Waals surface area contributed by atoms with Crippen LogP contribution in [-0.4, -0.2) is 37.7 Å². The zero-order chi connectivity index (χ0) is 16.6. The van der Waals surface area contributed by atoms with Gasteiger partial charge in [0.25, 0.3) is 0 Å². The van der Waals surface area contributed by atoms with Crippen LogP contribution < -0.4 is 5.32 Å². The van der Waals surface area contributed by atoms with Crippen LogP contribution in [-0.2, 0) is 19.1 Å². The Morgan fingerprint density at radius 3 is 2.36 bits per heavy atom. The van der Waals surface area contributed by atoms with E-state index in [9.17, 15) is 9.59 Å². The summed E-state index contributed by atoms with van der Waals surface area (Å²) in [5, 5.41) is 3.18. The number of hydrogen-bond donors (Lipinski definition) is 1. The van der Waals surface area contributed by atoms with Crippen molar-refractivity contribution >= 4 is 11.9 Å². The fourth-order valence-corrected chi connectivity index (χ4v) is 2.62. The Morgan fingerprint density at radius 2 is 1.82 bits per heavy atom. The summed E-state index contributed by atoms with van der Waals surface area (Å²) < 4.78 is 9.85. The zero-order valence-corrected chi connectivity index (χ0v) is 14.2. The molecule has 0 aromatic heterocycles. The minimum Gasteiger partial charge on any atom is -0.466 e. The number of ether oxygens (including phenoxy) is 2. The van der Waals surface area contributed by atoms with Gasteiger partial charge in [-0.3, -0.25) is 4.79 Å². The number of hydrogen-bond acceptors (Lipinski definition) is 5. The predicted octanol–water partition coefficient (Wildman–Crippen LogP) is 2.45. The van der Waals surface area contributed by atoms with E-state index in [0.29, 0.717) is 11.8 Å². The van der Waals surface area contributed by atoms with Crippen LogP contribution in [0, 0.1) is 11.8 Å². The molecule has 0 amide bonds. The summed E-state index contributed by atoms with van der Waals surface area (Å²) >= 11 is 0. The molecule has 1 rings (SSSR count). The highest BCUT2D eigenvalue weighted by Gasteiger charge is 2.20. The number of nitrogens with one attached hydrogen (secondary N) is 1. The molecule has 0 heterocycles.